The number of hydrogen-bond donors (Lipinski definition) is 2. The lowest BCUT2D eigenvalue weighted by Crippen LogP contribution is -2.40. The van der Waals surface area contributed by atoms with E-state index in [-0.39, 0.29) is 17.4 Å². The lowest BCUT2D eigenvalue weighted by atomic mass is 10.1. The predicted molar refractivity (Wildman–Crippen MR) is 111 cm³/mol. The van der Waals surface area contributed by atoms with Crippen molar-refractivity contribution in [2.45, 2.75) is 52.0 Å². The van der Waals surface area contributed by atoms with E-state index in [0.29, 0.717) is 5.75 Å². The third-order valence-electron chi connectivity index (χ3n) is 3.89. The van der Waals surface area contributed by atoms with E-state index in [1.165, 1.54) is 24.3 Å². The number of benzene rings is 2. The fourth-order valence-electron chi connectivity index (χ4n) is 2.88. The fourth-order valence-corrected chi connectivity index (χ4v) is 4.30. The van der Waals surface area contributed by atoms with Crippen molar-refractivity contribution in [3.8, 4) is 5.75 Å². The smallest absolute Gasteiger partial charge is 0.262 e. The van der Waals surface area contributed by atoms with Crippen molar-refractivity contribution < 1.29 is 17.9 Å². The maximum absolute atomic E-state index is 12.3. The minimum atomic E-state index is -3.60. The molecule has 2 aromatic rings. The van der Waals surface area contributed by atoms with Crippen molar-refractivity contribution in [3.05, 3.63) is 53.1 Å². The van der Waals surface area contributed by atoms with Crippen molar-refractivity contribution in [3.63, 3.8) is 0 Å². The molecule has 0 saturated heterocycles. The quantitative estimate of drug-likeness (QED) is 0.769. The molecule has 0 saturated carbocycles. The minimum Gasteiger partial charge on any atom is -0.484 e. The summed E-state index contributed by atoms with van der Waals surface area (Å²) in [6, 6.07) is 9.99. The van der Waals surface area contributed by atoms with Gasteiger partial charge in [0, 0.05) is 11.2 Å². The normalized spacial score (nSPS) is 11.9. The standard InChI is InChI=1S/C21H28N2O4S/c1-14-11-15(2)20(16(3)12-14)22-19(24)13-27-17-7-9-18(10-8-17)28(25,26)23-21(4,5)6/h7-12,23H,13H2,1-6H3,(H,22,24). The minimum absolute atomic E-state index is 0.144. The summed E-state index contributed by atoms with van der Waals surface area (Å²) in [5, 5.41) is 2.87. The zero-order chi connectivity index (χ0) is 21.1. The molecule has 0 unspecified atom stereocenters. The fraction of sp³-hybridized carbons (Fsp3) is 0.381. The second-order valence-corrected chi connectivity index (χ2v) is 9.62. The van der Waals surface area contributed by atoms with Crippen LogP contribution in [-0.4, -0.2) is 26.5 Å². The lowest BCUT2D eigenvalue weighted by molar-refractivity contribution is -0.118. The third-order valence-corrected chi connectivity index (χ3v) is 5.66. The first kappa shape index (κ1) is 21.9. The van der Waals surface area contributed by atoms with E-state index < -0.39 is 15.6 Å². The Morgan fingerprint density at radius 2 is 1.54 bits per heavy atom. The van der Waals surface area contributed by atoms with Gasteiger partial charge in [-0.2, -0.15) is 0 Å². The molecule has 0 heterocycles. The Morgan fingerprint density at radius 1 is 1.00 bits per heavy atom. The second-order valence-electron chi connectivity index (χ2n) is 7.94. The molecule has 0 atom stereocenters. The van der Waals surface area contributed by atoms with E-state index in [1.54, 1.807) is 20.8 Å². The molecule has 0 aliphatic carbocycles. The highest BCUT2D eigenvalue weighted by atomic mass is 32.2. The Bertz CT molecular complexity index is 936. The summed E-state index contributed by atoms with van der Waals surface area (Å²) < 4.78 is 32.7. The summed E-state index contributed by atoms with van der Waals surface area (Å²) in [4.78, 5) is 12.4. The second kappa shape index (κ2) is 8.32. The maximum atomic E-state index is 12.3. The zero-order valence-corrected chi connectivity index (χ0v) is 18.0. The van der Waals surface area contributed by atoms with Gasteiger partial charge in [-0.15, -0.1) is 0 Å². The molecule has 2 N–H and O–H groups in total. The highest BCUT2D eigenvalue weighted by Crippen LogP contribution is 2.22. The first-order chi connectivity index (χ1) is 12.9. The van der Waals surface area contributed by atoms with Gasteiger partial charge in [0.2, 0.25) is 10.0 Å². The number of amides is 1. The van der Waals surface area contributed by atoms with Crippen LogP contribution in [0.3, 0.4) is 0 Å². The molecular weight excluding hydrogens is 376 g/mol. The molecule has 0 fully saturated rings. The zero-order valence-electron chi connectivity index (χ0n) is 17.2. The molecule has 2 aromatic carbocycles. The van der Waals surface area contributed by atoms with Crippen LogP contribution >= 0.6 is 0 Å². The van der Waals surface area contributed by atoms with Crippen molar-refractivity contribution in [1.82, 2.24) is 4.72 Å². The molecule has 0 spiro atoms. The summed E-state index contributed by atoms with van der Waals surface area (Å²) in [5.41, 5.74) is 3.34. The highest BCUT2D eigenvalue weighted by molar-refractivity contribution is 7.89. The van der Waals surface area contributed by atoms with Gasteiger partial charge in [-0.3, -0.25) is 4.79 Å². The van der Waals surface area contributed by atoms with Crippen LogP contribution in [-0.2, 0) is 14.8 Å². The Hall–Kier alpha value is -2.38. The van der Waals surface area contributed by atoms with Crippen LogP contribution in [0, 0.1) is 20.8 Å². The average Bonchev–Trinajstić information content (AvgIpc) is 2.54. The lowest BCUT2D eigenvalue weighted by Gasteiger charge is -2.20. The molecule has 0 radical (unpaired) electrons. The predicted octanol–water partition coefficient (Wildman–Crippen LogP) is 3.71. The van der Waals surface area contributed by atoms with Gasteiger partial charge in [0.1, 0.15) is 5.75 Å². The Morgan fingerprint density at radius 3 is 2.04 bits per heavy atom. The summed E-state index contributed by atoms with van der Waals surface area (Å²) in [6.07, 6.45) is 0. The first-order valence-corrected chi connectivity index (χ1v) is 10.5. The van der Waals surface area contributed by atoms with Crippen LogP contribution < -0.4 is 14.8 Å². The van der Waals surface area contributed by atoms with Gasteiger partial charge in [-0.05, 0) is 76.9 Å². The molecule has 0 bridgehead atoms. The molecule has 0 aliphatic rings. The first-order valence-electron chi connectivity index (χ1n) is 9.02. The Balaban J connectivity index is 1.99. The van der Waals surface area contributed by atoms with Gasteiger partial charge < -0.3 is 10.1 Å². The van der Waals surface area contributed by atoms with Crippen molar-refractivity contribution >= 4 is 21.6 Å². The molecule has 1 amide bonds. The van der Waals surface area contributed by atoms with Gasteiger partial charge >= 0.3 is 0 Å². The molecule has 7 heteroatoms. The highest BCUT2D eigenvalue weighted by Gasteiger charge is 2.21. The number of carbonyl (C=O) groups excluding carboxylic acids is 1. The van der Waals surface area contributed by atoms with Crippen LogP contribution in [0.2, 0.25) is 0 Å². The molecule has 28 heavy (non-hydrogen) atoms. The number of aryl methyl sites for hydroxylation is 3. The molecular formula is C21H28N2O4S. The summed E-state index contributed by atoms with van der Waals surface area (Å²) in [6.45, 7) is 11.1. The summed E-state index contributed by atoms with van der Waals surface area (Å²) >= 11 is 0. The summed E-state index contributed by atoms with van der Waals surface area (Å²) in [7, 11) is -3.60. The van der Waals surface area contributed by atoms with Gasteiger partial charge in [-0.25, -0.2) is 13.1 Å². The van der Waals surface area contributed by atoms with Crippen LogP contribution in [0.4, 0.5) is 5.69 Å². The maximum Gasteiger partial charge on any atom is 0.262 e. The largest absolute Gasteiger partial charge is 0.484 e. The number of sulfonamides is 1. The van der Waals surface area contributed by atoms with Gasteiger partial charge in [0.05, 0.1) is 4.90 Å². The number of nitrogens with one attached hydrogen (secondary N) is 2. The van der Waals surface area contributed by atoms with E-state index in [2.05, 4.69) is 10.0 Å². The van der Waals surface area contributed by atoms with Crippen LogP contribution in [0.15, 0.2) is 41.3 Å². The monoisotopic (exact) mass is 404 g/mol. The molecule has 0 aromatic heterocycles. The molecule has 2 rings (SSSR count). The SMILES string of the molecule is Cc1cc(C)c(NC(=O)COc2ccc(S(=O)(=O)NC(C)(C)C)cc2)c(C)c1. The van der Waals surface area contributed by atoms with Gasteiger partial charge in [-0.1, -0.05) is 17.7 Å². The number of carbonyl (C=O) groups is 1. The van der Waals surface area contributed by atoms with Gasteiger partial charge in [0.25, 0.3) is 5.91 Å². The van der Waals surface area contributed by atoms with Crippen molar-refractivity contribution in [2.24, 2.45) is 0 Å². The number of anilines is 1. The average molecular weight is 405 g/mol. The van der Waals surface area contributed by atoms with Gasteiger partial charge in [0.15, 0.2) is 6.61 Å². The topological polar surface area (TPSA) is 84.5 Å². The Kier molecular flexibility index (Phi) is 6.52. The van der Waals surface area contributed by atoms with E-state index >= 15 is 0 Å². The van der Waals surface area contributed by atoms with E-state index in [4.69, 9.17) is 4.74 Å². The van der Waals surface area contributed by atoms with Crippen molar-refractivity contribution in [2.75, 3.05) is 11.9 Å². The number of hydrogen-bond acceptors (Lipinski definition) is 4. The molecule has 0 aliphatic heterocycles. The molecule has 152 valence electrons. The van der Waals surface area contributed by atoms with E-state index in [1.807, 2.05) is 32.9 Å². The van der Waals surface area contributed by atoms with Crippen LogP contribution in [0.25, 0.3) is 0 Å². The third kappa shape index (κ3) is 6.07. The van der Waals surface area contributed by atoms with E-state index in [0.717, 1.165) is 22.4 Å². The van der Waals surface area contributed by atoms with Crippen LogP contribution in [0.5, 0.6) is 5.75 Å². The number of ether oxygens (including phenoxy) is 1. The number of rotatable bonds is 6. The van der Waals surface area contributed by atoms with Crippen LogP contribution in [0.1, 0.15) is 37.5 Å². The Labute approximate surface area is 167 Å². The summed E-state index contributed by atoms with van der Waals surface area (Å²) in [5.74, 6) is 0.142. The van der Waals surface area contributed by atoms with E-state index in [9.17, 15) is 13.2 Å². The van der Waals surface area contributed by atoms with Crippen molar-refractivity contribution in [1.29, 1.82) is 0 Å². The molecule has 6 nitrogen and oxygen atoms in total.